The second kappa shape index (κ2) is 7.04. The number of hydrogen-bond acceptors (Lipinski definition) is 2. The van der Waals surface area contributed by atoms with Gasteiger partial charge in [0, 0.05) is 13.6 Å². The van der Waals surface area contributed by atoms with Crippen molar-refractivity contribution in [3.05, 3.63) is 35.9 Å². The summed E-state index contributed by atoms with van der Waals surface area (Å²) in [5, 5.41) is 0. The highest BCUT2D eigenvalue weighted by Gasteiger charge is 2.04. The monoisotopic (exact) mass is 251 g/mol. The van der Waals surface area contributed by atoms with Crippen molar-refractivity contribution in [2.24, 2.45) is 0 Å². The summed E-state index contributed by atoms with van der Waals surface area (Å²) in [6.07, 6.45) is 0. The molecule has 14 heavy (non-hydrogen) atoms. The van der Waals surface area contributed by atoms with Crippen LogP contribution >= 0.6 is 36.8 Å². The Kier molecular flexibility index (Phi) is 6.87. The number of rotatable bonds is 2. The zero-order chi connectivity index (χ0) is 9.68. The molecular weight excluding hydrogens is 241 g/mol. The van der Waals surface area contributed by atoms with E-state index in [1.165, 1.54) is 0 Å². The average Bonchev–Trinajstić information content (AvgIpc) is 2.18. The van der Waals surface area contributed by atoms with E-state index in [1.807, 2.05) is 30.3 Å². The molecule has 0 fully saturated rings. The van der Waals surface area contributed by atoms with E-state index in [-0.39, 0.29) is 28.9 Å². The first-order valence-electron chi connectivity index (χ1n) is 3.81. The minimum Gasteiger partial charge on any atom is -0.354 e. The fraction of sp³-hybridized carbons (Fsp3) is 0.222. The molecule has 1 rings (SSSR count). The minimum atomic E-state index is 0. The highest BCUT2D eigenvalue weighted by atomic mass is 35.5. The molecule has 0 N–H and O–H groups in total. The largest absolute Gasteiger partial charge is 0.354 e. The fourth-order valence-electron chi connectivity index (χ4n) is 0.981. The van der Waals surface area contributed by atoms with E-state index in [0.29, 0.717) is 6.54 Å². The van der Waals surface area contributed by atoms with Crippen LogP contribution in [0.2, 0.25) is 0 Å². The molecule has 0 aliphatic heterocycles. The second-order valence-electron chi connectivity index (χ2n) is 2.68. The molecule has 0 bridgehead atoms. The van der Waals surface area contributed by atoms with Crippen LogP contribution in [0.5, 0.6) is 0 Å². The van der Waals surface area contributed by atoms with Crippen molar-refractivity contribution in [2.45, 2.75) is 6.54 Å². The Morgan fingerprint density at radius 1 is 1.43 bits per heavy atom. The van der Waals surface area contributed by atoms with Crippen LogP contribution in [0.1, 0.15) is 5.56 Å². The van der Waals surface area contributed by atoms with E-state index in [0.717, 1.165) is 5.56 Å². The van der Waals surface area contributed by atoms with E-state index in [9.17, 15) is 3.89 Å². The Labute approximate surface area is 99.4 Å². The van der Waals surface area contributed by atoms with Gasteiger partial charge in [-0.15, -0.1) is 12.4 Å². The summed E-state index contributed by atoms with van der Waals surface area (Å²) >= 11 is 4.90. The van der Waals surface area contributed by atoms with Gasteiger partial charge in [0.15, 0.2) is 4.32 Å². The molecule has 0 heterocycles. The Morgan fingerprint density at radius 2 is 2.00 bits per heavy atom. The predicted octanol–water partition coefficient (Wildman–Crippen LogP) is 3.44. The van der Waals surface area contributed by atoms with Gasteiger partial charge in [-0.3, -0.25) is 0 Å². The van der Waals surface area contributed by atoms with Gasteiger partial charge in [-0.05, 0) is 17.8 Å². The number of halogens is 2. The van der Waals surface area contributed by atoms with Gasteiger partial charge in [0.2, 0.25) is 0 Å². The molecule has 0 aliphatic carbocycles. The van der Waals surface area contributed by atoms with Gasteiger partial charge in [0.25, 0.3) is 0 Å². The van der Waals surface area contributed by atoms with Crippen molar-refractivity contribution in [1.29, 1.82) is 0 Å². The number of nitrogens with zero attached hydrogens (tertiary/aromatic N) is 1. The van der Waals surface area contributed by atoms with Crippen molar-refractivity contribution >= 4 is 41.1 Å². The standard InChI is InChI=1S/C9H10FNS2.ClH/c1-11(9(12)13-10)7-8-5-3-2-4-6-8;/h2-6H,7H2,1H3;1H. The van der Waals surface area contributed by atoms with E-state index in [1.54, 1.807) is 11.9 Å². The quantitative estimate of drug-likeness (QED) is 0.742. The summed E-state index contributed by atoms with van der Waals surface area (Å²) in [5.74, 6) is 0. The SMILES string of the molecule is CN(Cc1ccccc1)C(=S)SF.Cl. The van der Waals surface area contributed by atoms with Gasteiger partial charge in [-0.2, -0.15) is 3.89 Å². The summed E-state index contributed by atoms with van der Waals surface area (Å²) in [7, 11) is 1.78. The van der Waals surface area contributed by atoms with Crippen LogP contribution in [0.4, 0.5) is 3.89 Å². The normalized spacial score (nSPS) is 9.00. The fourth-order valence-corrected chi connectivity index (χ4v) is 1.23. The lowest BCUT2D eigenvalue weighted by Gasteiger charge is -2.16. The van der Waals surface area contributed by atoms with E-state index < -0.39 is 0 Å². The lowest BCUT2D eigenvalue weighted by Crippen LogP contribution is -2.20. The van der Waals surface area contributed by atoms with E-state index >= 15 is 0 Å². The maximum Gasteiger partial charge on any atom is 0.169 e. The first kappa shape index (κ1) is 13.7. The van der Waals surface area contributed by atoms with Gasteiger partial charge in [0.1, 0.15) is 12.1 Å². The molecule has 0 saturated heterocycles. The molecule has 0 amide bonds. The Morgan fingerprint density at radius 3 is 2.50 bits per heavy atom. The number of hydrogen-bond donors (Lipinski definition) is 0. The van der Waals surface area contributed by atoms with Gasteiger partial charge in [-0.25, -0.2) is 0 Å². The number of benzene rings is 1. The van der Waals surface area contributed by atoms with Crippen molar-refractivity contribution in [2.75, 3.05) is 7.05 Å². The van der Waals surface area contributed by atoms with Crippen molar-refractivity contribution in [1.82, 2.24) is 4.90 Å². The molecule has 0 radical (unpaired) electrons. The summed E-state index contributed by atoms with van der Waals surface area (Å²) in [6, 6.07) is 9.83. The Balaban J connectivity index is 0.00000169. The molecule has 0 aliphatic rings. The topological polar surface area (TPSA) is 3.24 Å². The van der Waals surface area contributed by atoms with Crippen LogP contribution in [0.15, 0.2) is 30.3 Å². The molecule has 1 aromatic carbocycles. The maximum absolute atomic E-state index is 12.1. The second-order valence-corrected chi connectivity index (χ2v) is 3.87. The molecule has 1 nitrogen and oxygen atoms in total. The molecule has 5 heteroatoms. The molecule has 78 valence electrons. The van der Waals surface area contributed by atoms with Gasteiger partial charge in [0.05, 0.1) is 0 Å². The Hall–Kier alpha value is -0.320. The highest BCUT2D eigenvalue weighted by Crippen LogP contribution is 2.11. The van der Waals surface area contributed by atoms with Crippen molar-refractivity contribution < 1.29 is 3.89 Å². The zero-order valence-corrected chi connectivity index (χ0v) is 10.1. The number of thiocarbonyl (C=S) groups is 1. The zero-order valence-electron chi connectivity index (χ0n) is 7.64. The van der Waals surface area contributed by atoms with Gasteiger partial charge in [-0.1, -0.05) is 30.3 Å². The third kappa shape index (κ3) is 4.26. The van der Waals surface area contributed by atoms with Crippen LogP contribution < -0.4 is 0 Å². The summed E-state index contributed by atoms with van der Waals surface area (Å²) in [6.45, 7) is 0.649. The van der Waals surface area contributed by atoms with Crippen LogP contribution in [-0.2, 0) is 6.54 Å². The molecule has 0 unspecified atom stereocenters. The van der Waals surface area contributed by atoms with Crippen LogP contribution in [0.25, 0.3) is 0 Å². The van der Waals surface area contributed by atoms with E-state index in [2.05, 4.69) is 0 Å². The highest BCUT2D eigenvalue weighted by molar-refractivity contribution is 8.19. The smallest absolute Gasteiger partial charge is 0.169 e. The van der Waals surface area contributed by atoms with Crippen LogP contribution in [-0.4, -0.2) is 16.3 Å². The van der Waals surface area contributed by atoms with Gasteiger partial charge >= 0.3 is 0 Å². The first-order valence-corrected chi connectivity index (χ1v) is 4.94. The molecule has 1 aromatic rings. The van der Waals surface area contributed by atoms with E-state index in [4.69, 9.17) is 12.2 Å². The average molecular weight is 252 g/mol. The van der Waals surface area contributed by atoms with Crippen LogP contribution in [0, 0.1) is 0 Å². The van der Waals surface area contributed by atoms with Crippen molar-refractivity contribution in [3.8, 4) is 0 Å². The molecular formula is C9H11ClFNS2. The molecule has 0 atom stereocenters. The summed E-state index contributed by atoms with van der Waals surface area (Å²) in [5.41, 5.74) is 1.13. The van der Waals surface area contributed by atoms with Gasteiger partial charge < -0.3 is 4.90 Å². The van der Waals surface area contributed by atoms with Crippen molar-refractivity contribution in [3.63, 3.8) is 0 Å². The van der Waals surface area contributed by atoms with Crippen LogP contribution in [0.3, 0.4) is 0 Å². The lowest BCUT2D eigenvalue weighted by molar-refractivity contribution is 0.518. The minimum absolute atomic E-state index is 0. The first-order chi connectivity index (χ1) is 6.24. The molecule has 0 aromatic heterocycles. The lowest BCUT2D eigenvalue weighted by atomic mass is 10.2. The molecule has 0 spiro atoms. The third-order valence-corrected chi connectivity index (χ3v) is 2.58. The maximum atomic E-state index is 12.1. The Bertz CT molecular complexity index is 281. The predicted molar refractivity (Wildman–Crippen MR) is 66.5 cm³/mol. The molecule has 0 saturated carbocycles. The third-order valence-electron chi connectivity index (χ3n) is 1.64. The summed E-state index contributed by atoms with van der Waals surface area (Å²) < 4.78 is 12.3. The summed E-state index contributed by atoms with van der Waals surface area (Å²) in [4.78, 5) is 1.70.